The topological polar surface area (TPSA) is 76.3 Å². The molecule has 6 heteroatoms. The van der Waals surface area contributed by atoms with E-state index in [2.05, 4.69) is 47.9 Å². The number of rotatable bonds is 9. The van der Waals surface area contributed by atoms with Crippen molar-refractivity contribution in [2.45, 2.75) is 53.1 Å². The smallest absolute Gasteiger partial charge is 0.242 e. The summed E-state index contributed by atoms with van der Waals surface area (Å²) >= 11 is 0. The highest BCUT2D eigenvalue weighted by Crippen LogP contribution is 2.24. The maximum atomic E-state index is 6.03. The third-order valence-corrected chi connectivity index (χ3v) is 3.28. The second-order valence-corrected chi connectivity index (χ2v) is 5.64. The first-order valence-electron chi connectivity index (χ1n) is 7.70. The highest BCUT2D eigenvalue weighted by atomic mass is 16.5. The fourth-order valence-corrected chi connectivity index (χ4v) is 2.25. The number of nitrogens with zero attached hydrogens (tertiary/aromatic N) is 3. The summed E-state index contributed by atoms with van der Waals surface area (Å²) < 4.78 is 5.50. The van der Waals surface area contributed by atoms with Gasteiger partial charge in [0.25, 0.3) is 0 Å². The second-order valence-electron chi connectivity index (χ2n) is 5.64. The van der Waals surface area contributed by atoms with Crippen molar-refractivity contribution in [3.05, 3.63) is 6.33 Å². The molecule has 0 unspecified atom stereocenters. The number of nitrogens with one attached hydrogen (secondary N) is 1. The summed E-state index contributed by atoms with van der Waals surface area (Å²) in [5, 5.41) is 3.27. The van der Waals surface area contributed by atoms with Crippen LogP contribution >= 0.6 is 0 Å². The van der Waals surface area contributed by atoms with Crippen molar-refractivity contribution in [2.24, 2.45) is 0 Å². The van der Waals surface area contributed by atoms with Crippen LogP contribution in [-0.4, -0.2) is 46.6 Å². The van der Waals surface area contributed by atoms with Crippen LogP contribution in [0.15, 0.2) is 6.33 Å². The Morgan fingerprint density at radius 3 is 2.48 bits per heavy atom. The average molecular weight is 295 g/mol. The number of hydrogen-bond acceptors (Lipinski definition) is 6. The number of ether oxygens (including phenoxy) is 1. The Kier molecular flexibility index (Phi) is 7.22. The Bertz CT molecular complexity index is 415. The van der Waals surface area contributed by atoms with Gasteiger partial charge < -0.3 is 15.8 Å². The number of hydrogen-bond donors (Lipinski definition) is 2. The summed E-state index contributed by atoms with van der Waals surface area (Å²) in [6.45, 7) is 13.2. The molecule has 0 aromatic carbocycles. The molecule has 21 heavy (non-hydrogen) atoms. The molecule has 0 saturated heterocycles. The van der Waals surface area contributed by atoms with E-state index in [9.17, 15) is 0 Å². The maximum absolute atomic E-state index is 6.03. The molecular weight excluding hydrogens is 266 g/mol. The van der Waals surface area contributed by atoms with Crippen LogP contribution in [-0.2, 0) is 0 Å². The van der Waals surface area contributed by atoms with Crippen LogP contribution in [0.3, 0.4) is 0 Å². The van der Waals surface area contributed by atoms with Gasteiger partial charge in [0.2, 0.25) is 5.88 Å². The van der Waals surface area contributed by atoms with Gasteiger partial charge in [0, 0.05) is 25.2 Å². The third kappa shape index (κ3) is 5.38. The van der Waals surface area contributed by atoms with E-state index < -0.39 is 0 Å². The molecule has 0 atom stereocenters. The average Bonchev–Trinajstić information content (AvgIpc) is 2.43. The van der Waals surface area contributed by atoms with E-state index in [-0.39, 0.29) is 0 Å². The van der Waals surface area contributed by atoms with Gasteiger partial charge in [-0.2, -0.15) is 4.98 Å². The molecule has 0 fully saturated rings. The Morgan fingerprint density at radius 1 is 1.24 bits per heavy atom. The molecule has 0 aliphatic carbocycles. The zero-order valence-corrected chi connectivity index (χ0v) is 13.9. The van der Waals surface area contributed by atoms with Crippen molar-refractivity contribution in [1.29, 1.82) is 0 Å². The van der Waals surface area contributed by atoms with Crippen molar-refractivity contribution in [3.63, 3.8) is 0 Å². The molecule has 0 radical (unpaired) electrons. The molecule has 0 saturated carbocycles. The normalized spacial score (nSPS) is 11.4. The minimum absolute atomic E-state index is 0.457. The monoisotopic (exact) mass is 295 g/mol. The lowest BCUT2D eigenvalue weighted by Gasteiger charge is -2.30. The van der Waals surface area contributed by atoms with Gasteiger partial charge >= 0.3 is 0 Å². The lowest BCUT2D eigenvalue weighted by Crippen LogP contribution is -2.40. The van der Waals surface area contributed by atoms with E-state index in [0.29, 0.717) is 36.1 Å². The van der Waals surface area contributed by atoms with Gasteiger partial charge in [-0.15, -0.1) is 0 Å². The summed E-state index contributed by atoms with van der Waals surface area (Å²) in [5.74, 6) is 1.10. The summed E-state index contributed by atoms with van der Waals surface area (Å²) in [4.78, 5) is 10.7. The van der Waals surface area contributed by atoms with Gasteiger partial charge in [-0.1, -0.05) is 6.92 Å². The first-order valence-corrected chi connectivity index (χ1v) is 7.70. The van der Waals surface area contributed by atoms with Gasteiger partial charge in [-0.25, -0.2) is 4.98 Å². The number of anilines is 2. The number of nitrogens with two attached hydrogens (primary N) is 1. The summed E-state index contributed by atoms with van der Waals surface area (Å²) in [6, 6.07) is 1.02. The van der Waals surface area contributed by atoms with E-state index in [4.69, 9.17) is 10.5 Å². The minimum atomic E-state index is 0.457. The van der Waals surface area contributed by atoms with E-state index in [1.807, 2.05) is 6.92 Å². The van der Waals surface area contributed by atoms with E-state index in [1.165, 1.54) is 6.33 Å². The second kappa shape index (κ2) is 8.67. The van der Waals surface area contributed by atoms with Gasteiger partial charge in [-0.05, 0) is 34.1 Å². The Labute approximate surface area is 128 Å². The number of nitrogen functional groups attached to an aromatic ring is 1. The zero-order valence-electron chi connectivity index (χ0n) is 13.9. The van der Waals surface area contributed by atoms with Crippen LogP contribution in [0, 0.1) is 0 Å². The summed E-state index contributed by atoms with van der Waals surface area (Å²) in [5.41, 5.74) is 6.51. The Balaban J connectivity index is 2.59. The van der Waals surface area contributed by atoms with Crippen molar-refractivity contribution in [3.8, 4) is 5.88 Å². The molecule has 1 heterocycles. The molecular formula is C15H29N5O. The summed E-state index contributed by atoms with van der Waals surface area (Å²) in [6.07, 6.45) is 2.40. The fourth-order valence-electron chi connectivity index (χ4n) is 2.25. The predicted molar refractivity (Wildman–Crippen MR) is 87.7 cm³/mol. The van der Waals surface area contributed by atoms with Gasteiger partial charge in [-0.3, -0.25) is 4.90 Å². The molecule has 3 N–H and O–H groups in total. The lowest BCUT2D eigenvalue weighted by atomic mass is 10.2. The van der Waals surface area contributed by atoms with Crippen LogP contribution in [0.1, 0.15) is 41.0 Å². The van der Waals surface area contributed by atoms with Gasteiger partial charge in [0.05, 0.1) is 6.61 Å². The third-order valence-electron chi connectivity index (χ3n) is 3.28. The molecule has 0 bridgehead atoms. The lowest BCUT2D eigenvalue weighted by molar-refractivity contribution is 0.182. The van der Waals surface area contributed by atoms with Crippen LogP contribution in [0.5, 0.6) is 5.88 Å². The minimum Gasteiger partial charge on any atom is -0.476 e. The molecule has 6 nitrogen and oxygen atoms in total. The molecule has 1 rings (SSSR count). The Hall–Kier alpha value is -1.56. The molecule has 1 aromatic rings. The Morgan fingerprint density at radius 2 is 1.90 bits per heavy atom. The molecule has 0 amide bonds. The van der Waals surface area contributed by atoms with Crippen LogP contribution < -0.4 is 15.8 Å². The van der Waals surface area contributed by atoms with Crippen molar-refractivity contribution < 1.29 is 4.74 Å². The molecule has 1 aromatic heterocycles. The van der Waals surface area contributed by atoms with Crippen molar-refractivity contribution >= 4 is 11.5 Å². The predicted octanol–water partition coefficient (Wildman–Crippen LogP) is 2.38. The quantitative estimate of drug-likeness (QED) is 0.728. The fraction of sp³-hybridized carbons (Fsp3) is 0.733. The van der Waals surface area contributed by atoms with Gasteiger partial charge in [0.15, 0.2) is 5.82 Å². The highest BCUT2D eigenvalue weighted by Gasteiger charge is 2.13. The van der Waals surface area contributed by atoms with E-state index in [0.717, 1.165) is 19.5 Å². The van der Waals surface area contributed by atoms with Crippen LogP contribution in [0.4, 0.5) is 11.5 Å². The maximum Gasteiger partial charge on any atom is 0.242 e. The molecule has 0 spiro atoms. The highest BCUT2D eigenvalue weighted by molar-refractivity contribution is 5.66. The standard InChI is InChI=1S/C15H29N5O/c1-6-9-21-15-13(16)14(18-10-19-15)17-7-8-20(11(2)3)12(4)5/h10-12H,6-9,16H2,1-5H3,(H,17,18,19). The SMILES string of the molecule is CCCOc1ncnc(NCCN(C(C)C)C(C)C)c1N. The van der Waals surface area contributed by atoms with Crippen molar-refractivity contribution in [1.82, 2.24) is 14.9 Å². The molecule has 120 valence electrons. The largest absolute Gasteiger partial charge is 0.476 e. The summed E-state index contributed by atoms with van der Waals surface area (Å²) in [7, 11) is 0. The first kappa shape index (κ1) is 17.5. The number of aromatic nitrogens is 2. The van der Waals surface area contributed by atoms with Crippen molar-refractivity contribution in [2.75, 3.05) is 30.7 Å². The van der Waals surface area contributed by atoms with Crippen LogP contribution in [0.25, 0.3) is 0 Å². The molecule has 0 aliphatic rings. The van der Waals surface area contributed by atoms with E-state index in [1.54, 1.807) is 0 Å². The first-order chi connectivity index (χ1) is 9.97. The van der Waals surface area contributed by atoms with Gasteiger partial charge in [0.1, 0.15) is 12.0 Å². The van der Waals surface area contributed by atoms with E-state index >= 15 is 0 Å². The molecule has 0 aliphatic heterocycles. The van der Waals surface area contributed by atoms with Crippen LogP contribution in [0.2, 0.25) is 0 Å². The zero-order chi connectivity index (χ0) is 15.8.